The Morgan fingerprint density at radius 3 is 2.00 bits per heavy atom. The Morgan fingerprint density at radius 1 is 1.62 bits per heavy atom. The van der Waals surface area contributed by atoms with Crippen LogP contribution in [0.5, 0.6) is 0 Å². The molecule has 0 amide bonds. The minimum atomic E-state index is -2.58. The molecule has 0 atom stereocenters. The van der Waals surface area contributed by atoms with Crippen LogP contribution in [0.1, 0.15) is 6.42 Å². The molecule has 8 heavy (non-hydrogen) atoms. The van der Waals surface area contributed by atoms with Gasteiger partial charge in [0, 0.05) is 6.42 Å². The Labute approximate surface area is 93.9 Å². The number of rotatable bonds is 2. The summed E-state index contributed by atoms with van der Waals surface area (Å²) in [5.41, 5.74) is 0. The molecule has 0 aromatic carbocycles. The third-order valence-corrected chi connectivity index (χ3v) is 0.488. The van der Waals surface area contributed by atoms with E-state index in [0.717, 1.165) is 0 Å². The first kappa shape index (κ1) is 12.1. The fourth-order valence-electron chi connectivity index (χ4n) is 0.126. The van der Waals surface area contributed by atoms with Crippen molar-refractivity contribution in [2.75, 3.05) is 0 Å². The minimum absolute atomic E-state index is 0. The average Bonchev–Trinajstić information content (AvgIpc) is 1.27. The maximum Gasteiger partial charge on any atom is 1.00 e. The van der Waals surface area contributed by atoms with Gasteiger partial charge in [-0.25, -0.2) is 8.78 Å². The minimum Gasteiger partial charge on any atom is -0.867 e. The van der Waals surface area contributed by atoms with Crippen LogP contribution in [0.25, 0.3) is 0 Å². The molecule has 0 aromatic rings. The van der Waals surface area contributed by atoms with Crippen LogP contribution in [0.3, 0.4) is 0 Å². The van der Waals surface area contributed by atoms with Crippen molar-refractivity contribution in [1.82, 2.24) is 0 Å². The Kier molecular flexibility index (Phi) is 9.84. The standard InChI is InChI=1S/C3H4F2OS.K/c4-2(5)1-3(6)7;/h2H,1H2,(H,6,7);/q;+1/p-1. The molecule has 0 rings (SSSR count). The molecule has 42 valence electrons. The first-order valence-corrected chi connectivity index (χ1v) is 2.01. The van der Waals surface area contributed by atoms with E-state index in [9.17, 15) is 13.9 Å². The second-order valence-electron chi connectivity index (χ2n) is 0.967. The Hall–Kier alpha value is 1.39. The third-order valence-electron chi connectivity index (χ3n) is 0.321. The van der Waals surface area contributed by atoms with Crippen molar-refractivity contribution < 1.29 is 65.3 Å². The monoisotopic (exact) mass is 164 g/mol. The van der Waals surface area contributed by atoms with Crippen LogP contribution in [-0.4, -0.2) is 11.5 Å². The van der Waals surface area contributed by atoms with Crippen LogP contribution in [0.2, 0.25) is 0 Å². The van der Waals surface area contributed by atoms with Crippen molar-refractivity contribution in [3.05, 3.63) is 0 Å². The number of alkyl halides is 2. The van der Waals surface area contributed by atoms with E-state index >= 15 is 0 Å². The summed E-state index contributed by atoms with van der Waals surface area (Å²) in [6, 6.07) is 0. The molecular weight excluding hydrogens is 161 g/mol. The number of hydrogen-bond acceptors (Lipinski definition) is 2. The average molecular weight is 164 g/mol. The van der Waals surface area contributed by atoms with Gasteiger partial charge in [-0.05, 0) is 0 Å². The molecule has 0 saturated carbocycles. The quantitative estimate of drug-likeness (QED) is 0.328. The van der Waals surface area contributed by atoms with E-state index in [0.29, 0.717) is 0 Å². The van der Waals surface area contributed by atoms with Crippen molar-refractivity contribution in [2.45, 2.75) is 12.8 Å². The first-order valence-electron chi connectivity index (χ1n) is 1.61. The zero-order chi connectivity index (χ0) is 5.86. The summed E-state index contributed by atoms with van der Waals surface area (Å²) in [5.74, 6) is 0. The van der Waals surface area contributed by atoms with Crippen molar-refractivity contribution in [2.24, 2.45) is 0 Å². The zero-order valence-electron chi connectivity index (χ0n) is 4.36. The molecule has 0 N–H and O–H groups in total. The van der Waals surface area contributed by atoms with Crippen LogP contribution in [0.4, 0.5) is 8.78 Å². The van der Waals surface area contributed by atoms with E-state index in [1.807, 2.05) is 0 Å². The van der Waals surface area contributed by atoms with Gasteiger partial charge < -0.3 is 5.11 Å². The molecule has 0 unspecified atom stereocenters. The van der Waals surface area contributed by atoms with Crippen LogP contribution >= 0.6 is 12.2 Å². The molecule has 0 aliphatic rings. The van der Waals surface area contributed by atoms with Gasteiger partial charge in [0.25, 0.3) is 0 Å². The van der Waals surface area contributed by atoms with E-state index in [4.69, 9.17) is 0 Å². The summed E-state index contributed by atoms with van der Waals surface area (Å²) in [4.78, 5) is 0. The van der Waals surface area contributed by atoms with Crippen molar-refractivity contribution >= 4 is 17.3 Å². The van der Waals surface area contributed by atoms with Gasteiger partial charge in [-0.2, -0.15) is 0 Å². The van der Waals surface area contributed by atoms with Gasteiger partial charge in [0.05, 0.1) is 0 Å². The molecule has 0 spiro atoms. The molecule has 0 aromatic heterocycles. The maximum atomic E-state index is 11.0. The molecule has 0 saturated heterocycles. The SMILES string of the molecule is [K+].[O-]C(=S)CC(F)F. The molecule has 5 heteroatoms. The van der Waals surface area contributed by atoms with Crippen molar-refractivity contribution in [1.29, 1.82) is 0 Å². The molecule has 0 aliphatic heterocycles. The second kappa shape index (κ2) is 6.51. The normalized spacial score (nSPS) is 8.38. The van der Waals surface area contributed by atoms with Crippen LogP contribution in [0.15, 0.2) is 0 Å². The summed E-state index contributed by atoms with van der Waals surface area (Å²) in [6.45, 7) is 0. The Balaban J connectivity index is 0. The summed E-state index contributed by atoms with van der Waals surface area (Å²) < 4.78 is 22.0. The van der Waals surface area contributed by atoms with Gasteiger partial charge in [-0.15, -0.1) is 12.2 Å². The van der Waals surface area contributed by atoms with Gasteiger partial charge in [0.1, 0.15) is 0 Å². The maximum absolute atomic E-state index is 11.0. The molecular formula is C3H3F2KOS. The molecule has 0 aliphatic carbocycles. The molecule has 1 nitrogen and oxygen atoms in total. The fourth-order valence-corrected chi connectivity index (χ4v) is 0.252. The zero-order valence-corrected chi connectivity index (χ0v) is 8.30. The third kappa shape index (κ3) is 10.4. The van der Waals surface area contributed by atoms with E-state index < -0.39 is 17.9 Å². The Bertz CT molecular complexity index is 77.7. The summed E-state index contributed by atoms with van der Waals surface area (Å²) in [7, 11) is 0. The van der Waals surface area contributed by atoms with Crippen LogP contribution in [0, 0.1) is 0 Å². The number of thiocarbonyl (C=S) groups is 1. The topological polar surface area (TPSA) is 23.1 Å². The van der Waals surface area contributed by atoms with Gasteiger partial charge in [-0.1, -0.05) is 5.05 Å². The Morgan fingerprint density at radius 2 is 2.00 bits per heavy atom. The second-order valence-corrected chi connectivity index (χ2v) is 1.42. The van der Waals surface area contributed by atoms with E-state index in [1.54, 1.807) is 0 Å². The number of hydrogen-bond donors (Lipinski definition) is 0. The smallest absolute Gasteiger partial charge is 0.867 e. The van der Waals surface area contributed by atoms with E-state index in [1.165, 1.54) is 0 Å². The molecule has 0 bridgehead atoms. The fraction of sp³-hybridized carbons (Fsp3) is 0.667. The summed E-state index contributed by atoms with van der Waals surface area (Å²) in [5, 5.41) is 8.71. The van der Waals surface area contributed by atoms with Gasteiger partial charge in [-0.3, -0.25) is 0 Å². The van der Waals surface area contributed by atoms with Crippen LogP contribution < -0.4 is 56.5 Å². The predicted molar refractivity (Wildman–Crippen MR) is 23.2 cm³/mol. The van der Waals surface area contributed by atoms with Gasteiger partial charge in [0.15, 0.2) is 0 Å². The predicted octanol–water partition coefficient (Wildman–Crippen LogP) is -2.67. The summed E-state index contributed by atoms with van der Waals surface area (Å²) >= 11 is 3.84. The molecule has 0 heterocycles. The number of halogens is 2. The van der Waals surface area contributed by atoms with Gasteiger partial charge in [0.2, 0.25) is 6.43 Å². The van der Waals surface area contributed by atoms with Crippen molar-refractivity contribution in [3.63, 3.8) is 0 Å². The first-order chi connectivity index (χ1) is 3.13. The summed E-state index contributed by atoms with van der Waals surface area (Å²) in [6.07, 6.45) is -3.38. The van der Waals surface area contributed by atoms with Crippen molar-refractivity contribution in [3.8, 4) is 0 Å². The van der Waals surface area contributed by atoms with E-state index in [2.05, 4.69) is 12.2 Å². The van der Waals surface area contributed by atoms with E-state index in [-0.39, 0.29) is 51.4 Å². The largest absolute Gasteiger partial charge is 1.00 e. The molecule has 0 fully saturated rings. The van der Waals surface area contributed by atoms with Crippen LogP contribution in [-0.2, 0) is 0 Å². The molecule has 0 radical (unpaired) electrons. The van der Waals surface area contributed by atoms with Gasteiger partial charge >= 0.3 is 51.4 Å².